The predicted molar refractivity (Wildman–Crippen MR) is 121 cm³/mol. The van der Waals surface area contributed by atoms with Crippen LogP contribution in [0.5, 0.6) is 11.5 Å². The molecule has 2 aromatic carbocycles. The van der Waals surface area contributed by atoms with E-state index in [0.29, 0.717) is 28.4 Å². The van der Waals surface area contributed by atoms with Crippen LogP contribution in [-0.2, 0) is 19.9 Å². The van der Waals surface area contributed by atoms with E-state index < -0.39 is 23.4 Å². The van der Waals surface area contributed by atoms with E-state index in [4.69, 9.17) is 15.2 Å². The van der Waals surface area contributed by atoms with E-state index in [-0.39, 0.29) is 24.7 Å². The minimum atomic E-state index is -1.34. The molecule has 168 valence electrons. The molecule has 5 N–H and O–H groups in total. The number of halogens is 1. The molecule has 3 amide bonds. The summed E-state index contributed by atoms with van der Waals surface area (Å²) in [6.45, 7) is 0. The van der Waals surface area contributed by atoms with Gasteiger partial charge in [-0.3, -0.25) is 19.7 Å². The third-order valence-corrected chi connectivity index (χ3v) is 6.41. The van der Waals surface area contributed by atoms with E-state index in [9.17, 15) is 14.4 Å². The van der Waals surface area contributed by atoms with Crippen LogP contribution in [0, 0.1) is 5.92 Å². The summed E-state index contributed by atoms with van der Waals surface area (Å²) < 4.78 is 11.4. The van der Waals surface area contributed by atoms with Gasteiger partial charge in [-0.05, 0) is 36.8 Å². The third kappa shape index (κ3) is 3.69. The number of hydrogen-bond donors (Lipinski definition) is 4. The van der Waals surface area contributed by atoms with E-state index in [1.165, 1.54) is 14.2 Å². The quantitative estimate of drug-likeness (QED) is 0.478. The highest BCUT2D eigenvalue weighted by molar-refractivity contribution is 9.10. The number of ether oxygens (including phenoxy) is 2. The number of nitrogens with two attached hydrogens (primary N) is 1. The molecule has 1 spiro atoms. The molecule has 2 aliphatic rings. The van der Waals surface area contributed by atoms with Crippen LogP contribution in [0.3, 0.4) is 0 Å². The van der Waals surface area contributed by atoms with Gasteiger partial charge >= 0.3 is 0 Å². The molecule has 1 fully saturated rings. The molecule has 4 rings (SSSR count). The fourth-order valence-electron chi connectivity index (χ4n) is 4.54. The van der Waals surface area contributed by atoms with Crippen molar-refractivity contribution in [3.8, 4) is 11.5 Å². The number of amides is 3. The Bertz CT molecular complexity index is 1110. The first-order valence-electron chi connectivity index (χ1n) is 9.99. The molecule has 0 unspecified atom stereocenters. The summed E-state index contributed by atoms with van der Waals surface area (Å²) >= 11 is 3.44. The summed E-state index contributed by atoms with van der Waals surface area (Å²) in [4.78, 5) is 38.4. The van der Waals surface area contributed by atoms with Crippen molar-refractivity contribution >= 4 is 45.0 Å². The van der Waals surface area contributed by atoms with Crippen molar-refractivity contribution in [3.63, 3.8) is 0 Å². The van der Waals surface area contributed by atoms with Crippen molar-refractivity contribution in [3.05, 3.63) is 46.4 Å². The van der Waals surface area contributed by atoms with Gasteiger partial charge in [0.15, 0.2) is 0 Å². The molecule has 3 atom stereocenters. The molecule has 32 heavy (non-hydrogen) atoms. The third-order valence-electron chi connectivity index (χ3n) is 5.92. The summed E-state index contributed by atoms with van der Waals surface area (Å²) in [5, 5.41) is 8.98. The zero-order valence-electron chi connectivity index (χ0n) is 17.5. The summed E-state index contributed by atoms with van der Waals surface area (Å²) in [5.41, 5.74) is 5.74. The molecule has 9 nitrogen and oxygen atoms in total. The molecular weight excluding hydrogens is 480 g/mol. The van der Waals surface area contributed by atoms with Gasteiger partial charge in [0.2, 0.25) is 17.7 Å². The standard InChI is InChI=1S/C22H23BrN4O5/c1-31-13-4-6-18(32-2)17(10-13)25-20(29)15-8-12(9-19(24)28)27-22(15)14-7-11(23)3-5-16(14)26-21(22)30/h3-7,10,12,15,27H,8-9H2,1-2H3,(H2,24,28)(H,25,29)(H,26,30)/t12-,15+,22+/m1/s1. The lowest BCUT2D eigenvalue weighted by Gasteiger charge is -2.29. The minimum Gasteiger partial charge on any atom is -0.497 e. The van der Waals surface area contributed by atoms with Crippen molar-refractivity contribution in [1.82, 2.24) is 5.32 Å². The van der Waals surface area contributed by atoms with Crippen LogP contribution in [0.15, 0.2) is 40.9 Å². The average Bonchev–Trinajstić information content (AvgIpc) is 3.26. The van der Waals surface area contributed by atoms with Crippen LogP contribution in [-0.4, -0.2) is 38.0 Å². The highest BCUT2D eigenvalue weighted by Gasteiger charge is 2.60. The lowest BCUT2D eigenvalue weighted by atomic mass is 9.79. The van der Waals surface area contributed by atoms with E-state index in [2.05, 4.69) is 31.9 Å². The Labute approximate surface area is 193 Å². The Morgan fingerprint density at radius 3 is 2.69 bits per heavy atom. The SMILES string of the molecule is COc1ccc(OC)c(NC(=O)[C@@H]2C[C@H](CC(N)=O)N[C@]23C(=O)Nc2ccc(Br)cc23)c1. The molecule has 2 heterocycles. The molecule has 0 bridgehead atoms. The number of rotatable bonds is 6. The molecule has 10 heteroatoms. The van der Waals surface area contributed by atoms with Gasteiger partial charge in [-0.2, -0.15) is 0 Å². The molecule has 1 saturated heterocycles. The Morgan fingerprint density at radius 2 is 2.00 bits per heavy atom. The maximum Gasteiger partial charge on any atom is 0.250 e. The summed E-state index contributed by atoms with van der Waals surface area (Å²) in [7, 11) is 3.02. The maximum absolute atomic E-state index is 13.6. The molecule has 0 saturated carbocycles. The zero-order chi connectivity index (χ0) is 23.0. The van der Waals surface area contributed by atoms with Gasteiger partial charge in [0.1, 0.15) is 17.0 Å². The van der Waals surface area contributed by atoms with Gasteiger partial charge in [-0.25, -0.2) is 0 Å². The Balaban J connectivity index is 1.75. The Morgan fingerprint density at radius 1 is 1.22 bits per heavy atom. The van der Waals surface area contributed by atoms with Crippen LogP contribution < -0.4 is 31.2 Å². The first-order chi connectivity index (χ1) is 15.3. The Hall–Kier alpha value is -3.11. The largest absolute Gasteiger partial charge is 0.497 e. The second-order valence-corrected chi connectivity index (χ2v) is 8.72. The number of anilines is 2. The number of benzene rings is 2. The summed E-state index contributed by atoms with van der Waals surface area (Å²) in [6, 6.07) is 9.99. The Kier molecular flexibility index (Phi) is 5.83. The lowest BCUT2D eigenvalue weighted by molar-refractivity contribution is -0.130. The second-order valence-electron chi connectivity index (χ2n) is 7.81. The van der Waals surface area contributed by atoms with Crippen LogP contribution >= 0.6 is 15.9 Å². The highest BCUT2D eigenvalue weighted by Crippen LogP contribution is 2.48. The van der Waals surface area contributed by atoms with Crippen molar-refractivity contribution < 1.29 is 23.9 Å². The minimum absolute atomic E-state index is 0.00459. The molecular formula is C22H23BrN4O5. The van der Waals surface area contributed by atoms with E-state index in [1.54, 1.807) is 30.3 Å². The van der Waals surface area contributed by atoms with Gasteiger partial charge in [0, 0.05) is 34.3 Å². The van der Waals surface area contributed by atoms with Crippen molar-refractivity contribution in [2.45, 2.75) is 24.4 Å². The van der Waals surface area contributed by atoms with Crippen molar-refractivity contribution in [2.24, 2.45) is 11.7 Å². The van der Waals surface area contributed by atoms with E-state index in [1.807, 2.05) is 6.07 Å². The summed E-state index contributed by atoms with van der Waals surface area (Å²) in [5.74, 6) is -1.07. The topological polar surface area (TPSA) is 132 Å². The number of fused-ring (bicyclic) bond motifs is 2. The van der Waals surface area contributed by atoms with Crippen LogP contribution in [0.4, 0.5) is 11.4 Å². The van der Waals surface area contributed by atoms with Gasteiger partial charge in [0.25, 0.3) is 0 Å². The molecule has 0 aliphatic carbocycles. The molecule has 2 aliphatic heterocycles. The maximum atomic E-state index is 13.6. The van der Waals surface area contributed by atoms with Gasteiger partial charge < -0.3 is 25.8 Å². The van der Waals surface area contributed by atoms with Crippen LogP contribution in [0.2, 0.25) is 0 Å². The van der Waals surface area contributed by atoms with E-state index >= 15 is 0 Å². The number of hydrogen-bond acceptors (Lipinski definition) is 6. The number of primary amides is 1. The van der Waals surface area contributed by atoms with Gasteiger partial charge in [-0.1, -0.05) is 15.9 Å². The van der Waals surface area contributed by atoms with Gasteiger partial charge in [0.05, 0.1) is 25.8 Å². The number of carbonyl (C=O) groups excluding carboxylic acids is 3. The monoisotopic (exact) mass is 502 g/mol. The molecule has 2 aromatic rings. The first-order valence-corrected chi connectivity index (χ1v) is 10.8. The predicted octanol–water partition coefficient (Wildman–Crippen LogP) is 2.11. The van der Waals surface area contributed by atoms with E-state index in [0.717, 1.165) is 4.47 Å². The average molecular weight is 503 g/mol. The number of nitrogens with one attached hydrogen (secondary N) is 3. The molecule has 0 aromatic heterocycles. The zero-order valence-corrected chi connectivity index (χ0v) is 19.1. The smallest absolute Gasteiger partial charge is 0.250 e. The number of methoxy groups -OCH3 is 2. The number of carbonyl (C=O) groups is 3. The normalized spacial score (nSPS) is 23.5. The highest BCUT2D eigenvalue weighted by atomic mass is 79.9. The first kappa shape index (κ1) is 22.1. The van der Waals surface area contributed by atoms with Gasteiger partial charge in [-0.15, -0.1) is 0 Å². The lowest BCUT2D eigenvalue weighted by Crippen LogP contribution is -2.52. The van der Waals surface area contributed by atoms with Crippen molar-refractivity contribution in [2.75, 3.05) is 24.9 Å². The van der Waals surface area contributed by atoms with Crippen molar-refractivity contribution in [1.29, 1.82) is 0 Å². The second kappa shape index (κ2) is 8.44. The fraction of sp³-hybridized carbons (Fsp3) is 0.318. The fourth-order valence-corrected chi connectivity index (χ4v) is 4.90. The van der Waals surface area contributed by atoms with Crippen LogP contribution in [0.25, 0.3) is 0 Å². The summed E-state index contributed by atoms with van der Waals surface area (Å²) in [6.07, 6.45) is 0.255. The molecule has 0 radical (unpaired) electrons. The van der Waals surface area contributed by atoms with Crippen LogP contribution in [0.1, 0.15) is 18.4 Å².